The van der Waals surface area contributed by atoms with Crippen LogP contribution in [-0.4, -0.2) is 104 Å². The highest BCUT2D eigenvalue weighted by molar-refractivity contribution is 5.90. The first-order valence-corrected chi connectivity index (χ1v) is 15.9. The molecule has 0 spiro atoms. The minimum absolute atomic E-state index is 0.106. The molecule has 0 saturated carbocycles. The summed E-state index contributed by atoms with van der Waals surface area (Å²) in [7, 11) is 0. The fraction of sp³-hybridized carbons (Fsp3) is 0.441. The highest BCUT2D eigenvalue weighted by Crippen LogP contribution is 2.30. The summed E-state index contributed by atoms with van der Waals surface area (Å²) in [4.78, 5) is 52.5. The molecule has 1 amide bonds. The SMILES string of the molecule is CC(C)(C)OC(=O)Nc1ncc(-c2nc(N3CCOCC3)c3ncc(-c4cccc(CC(=O)CN5CCC(O)CC5)c4)cc3n2)cn1. The van der Waals surface area contributed by atoms with Gasteiger partial charge >= 0.3 is 6.09 Å². The molecule has 2 fully saturated rings. The number of aliphatic hydroxyl groups excluding tert-OH is 1. The number of likely N-dealkylation sites (tertiary alicyclic amines) is 1. The van der Waals surface area contributed by atoms with Crippen molar-refractivity contribution in [3.05, 3.63) is 54.5 Å². The van der Waals surface area contributed by atoms with Crippen LogP contribution in [-0.2, 0) is 20.7 Å². The summed E-state index contributed by atoms with van der Waals surface area (Å²) in [6, 6.07) is 9.92. The van der Waals surface area contributed by atoms with Gasteiger partial charge in [-0.3, -0.25) is 20.0 Å². The Hall–Kier alpha value is -4.59. The van der Waals surface area contributed by atoms with Crippen molar-refractivity contribution in [3.8, 4) is 22.5 Å². The van der Waals surface area contributed by atoms with Crippen molar-refractivity contribution in [2.75, 3.05) is 56.2 Å². The molecule has 0 unspecified atom stereocenters. The van der Waals surface area contributed by atoms with Crippen molar-refractivity contribution >= 4 is 34.7 Å². The lowest BCUT2D eigenvalue weighted by atomic mass is 10.0. The fourth-order valence-corrected chi connectivity index (χ4v) is 5.66. The summed E-state index contributed by atoms with van der Waals surface area (Å²) in [6.45, 7) is 9.71. The molecule has 0 aliphatic carbocycles. The first-order chi connectivity index (χ1) is 22.6. The lowest BCUT2D eigenvalue weighted by Crippen LogP contribution is -2.39. The van der Waals surface area contributed by atoms with Crippen LogP contribution in [0.3, 0.4) is 0 Å². The second-order valence-electron chi connectivity index (χ2n) is 12.9. The summed E-state index contributed by atoms with van der Waals surface area (Å²) < 4.78 is 10.9. The third-order valence-corrected chi connectivity index (χ3v) is 7.97. The Morgan fingerprint density at radius 2 is 1.68 bits per heavy atom. The maximum Gasteiger partial charge on any atom is 0.414 e. The van der Waals surface area contributed by atoms with E-state index >= 15 is 0 Å². The van der Waals surface area contributed by atoms with Gasteiger partial charge in [0.2, 0.25) is 5.95 Å². The van der Waals surface area contributed by atoms with Gasteiger partial charge in [0.05, 0.1) is 36.9 Å². The van der Waals surface area contributed by atoms with E-state index in [4.69, 9.17) is 24.4 Å². The van der Waals surface area contributed by atoms with Crippen molar-refractivity contribution in [2.24, 2.45) is 0 Å². The van der Waals surface area contributed by atoms with Gasteiger partial charge in [-0.05, 0) is 50.8 Å². The van der Waals surface area contributed by atoms with Crippen LogP contribution in [0.5, 0.6) is 0 Å². The standard InChI is InChI=1S/C34H40N8O5/c1-34(2,3)47-33(45)40-32-36-19-25(20-37-32)30-38-28-17-24(18-35-29(28)31(39-30)42-11-13-46-14-12-42)23-6-4-5-22(15-23)16-27(44)21-41-9-7-26(43)8-10-41/h4-6,15,17-20,26,43H,7-14,16,21H2,1-3H3,(H,36,37,40,45). The molecular weight excluding hydrogens is 600 g/mol. The monoisotopic (exact) mass is 640 g/mol. The van der Waals surface area contributed by atoms with Gasteiger partial charge in [0.1, 0.15) is 11.1 Å². The van der Waals surface area contributed by atoms with E-state index in [-0.39, 0.29) is 17.8 Å². The largest absolute Gasteiger partial charge is 0.444 e. The first kappa shape index (κ1) is 32.4. The second-order valence-corrected chi connectivity index (χ2v) is 12.9. The Bertz CT molecular complexity index is 1730. The lowest BCUT2D eigenvalue weighted by Gasteiger charge is -2.28. The number of ketones is 1. The summed E-state index contributed by atoms with van der Waals surface area (Å²) in [5.74, 6) is 1.37. The van der Waals surface area contributed by atoms with Crippen LogP contribution in [0.25, 0.3) is 33.5 Å². The predicted octanol–water partition coefficient (Wildman–Crippen LogP) is 3.90. The topological polar surface area (TPSA) is 156 Å². The number of amides is 1. The molecule has 47 heavy (non-hydrogen) atoms. The highest BCUT2D eigenvalue weighted by atomic mass is 16.6. The number of ether oxygens (including phenoxy) is 2. The molecule has 13 heteroatoms. The van der Waals surface area contributed by atoms with Gasteiger partial charge < -0.3 is 19.5 Å². The number of nitrogens with zero attached hydrogens (tertiary/aromatic N) is 7. The number of hydrogen-bond donors (Lipinski definition) is 2. The van der Waals surface area contributed by atoms with E-state index in [1.54, 1.807) is 33.2 Å². The summed E-state index contributed by atoms with van der Waals surface area (Å²) in [5.41, 5.74) is 3.97. The van der Waals surface area contributed by atoms with E-state index in [1.165, 1.54) is 0 Å². The molecule has 3 aromatic heterocycles. The number of anilines is 2. The smallest absolute Gasteiger partial charge is 0.414 e. The molecule has 0 bridgehead atoms. The van der Waals surface area contributed by atoms with E-state index in [0.717, 1.165) is 29.8 Å². The van der Waals surface area contributed by atoms with Gasteiger partial charge in [0.25, 0.3) is 0 Å². The van der Waals surface area contributed by atoms with E-state index in [9.17, 15) is 14.7 Å². The minimum atomic E-state index is -0.649. The quantitative estimate of drug-likeness (QED) is 0.287. The highest BCUT2D eigenvalue weighted by Gasteiger charge is 2.22. The Morgan fingerprint density at radius 1 is 0.957 bits per heavy atom. The van der Waals surface area contributed by atoms with Gasteiger partial charge in [-0.15, -0.1) is 0 Å². The number of piperidine rings is 1. The number of benzene rings is 1. The molecule has 2 aliphatic heterocycles. The van der Waals surface area contributed by atoms with Crippen molar-refractivity contribution in [2.45, 2.75) is 51.7 Å². The number of Topliss-reactive ketones (excluding diaryl/α,β-unsaturated/α-hetero) is 1. The maximum atomic E-state index is 12.9. The molecule has 0 atom stereocenters. The third kappa shape index (κ3) is 8.42. The summed E-state index contributed by atoms with van der Waals surface area (Å²) in [6.07, 6.45) is 5.79. The van der Waals surface area contributed by atoms with Crippen LogP contribution < -0.4 is 10.2 Å². The van der Waals surface area contributed by atoms with E-state index in [2.05, 4.69) is 25.1 Å². The lowest BCUT2D eigenvalue weighted by molar-refractivity contribution is -0.120. The molecule has 6 rings (SSSR count). The van der Waals surface area contributed by atoms with Crippen LogP contribution in [0, 0.1) is 0 Å². The zero-order valence-corrected chi connectivity index (χ0v) is 27.0. The van der Waals surface area contributed by atoms with Gasteiger partial charge in [-0.2, -0.15) is 0 Å². The summed E-state index contributed by atoms with van der Waals surface area (Å²) >= 11 is 0. The average molecular weight is 641 g/mol. The van der Waals surface area contributed by atoms with Crippen molar-refractivity contribution < 1.29 is 24.2 Å². The first-order valence-electron chi connectivity index (χ1n) is 15.9. The Balaban J connectivity index is 1.26. The number of aliphatic hydroxyl groups is 1. The van der Waals surface area contributed by atoms with Crippen LogP contribution in [0.1, 0.15) is 39.2 Å². The van der Waals surface area contributed by atoms with Crippen molar-refractivity contribution in [1.82, 2.24) is 29.8 Å². The van der Waals surface area contributed by atoms with Crippen LogP contribution in [0.4, 0.5) is 16.6 Å². The number of pyridine rings is 1. The van der Waals surface area contributed by atoms with Crippen molar-refractivity contribution in [3.63, 3.8) is 0 Å². The molecule has 1 aromatic carbocycles. The number of carbonyl (C=O) groups is 2. The fourth-order valence-electron chi connectivity index (χ4n) is 5.66. The van der Waals surface area contributed by atoms with Gasteiger partial charge in [0.15, 0.2) is 17.4 Å². The molecule has 2 saturated heterocycles. The van der Waals surface area contributed by atoms with Crippen LogP contribution in [0.15, 0.2) is 48.9 Å². The van der Waals surface area contributed by atoms with Crippen LogP contribution >= 0.6 is 0 Å². The number of morpholine rings is 1. The molecule has 5 heterocycles. The predicted molar refractivity (Wildman–Crippen MR) is 177 cm³/mol. The van der Waals surface area contributed by atoms with Crippen molar-refractivity contribution in [1.29, 1.82) is 0 Å². The molecule has 246 valence electrons. The molecule has 13 nitrogen and oxygen atoms in total. The second kappa shape index (κ2) is 14.0. The summed E-state index contributed by atoms with van der Waals surface area (Å²) in [5, 5.41) is 12.3. The number of carbonyl (C=O) groups excluding carboxylic acids is 2. The number of nitrogens with one attached hydrogen (secondary N) is 1. The zero-order chi connectivity index (χ0) is 33.0. The number of fused-ring (bicyclic) bond motifs is 1. The molecule has 4 aromatic rings. The molecular formula is C34H40N8O5. The average Bonchev–Trinajstić information content (AvgIpc) is 3.05. The number of hydrogen-bond acceptors (Lipinski definition) is 12. The minimum Gasteiger partial charge on any atom is -0.444 e. The van der Waals surface area contributed by atoms with Gasteiger partial charge in [0, 0.05) is 56.8 Å². The Morgan fingerprint density at radius 3 is 2.40 bits per heavy atom. The van der Waals surface area contributed by atoms with E-state index in [0.29, 0.717) is 80.3 Å². The number of rotatable bonds is 8. The van der Waals surface area contributed by atoms with E-state index in [1.807, 2.05) is 36.5 Å². The van der Waals surface area contributed by atoms with Gasteiger partial charge in [-0.25, -0.2) is 24.7 Å². The molecule has 0 radical (unpaired) electrons. The third-order valence-electron chi connectivity index (χ3n) is 7.97. The molecule has 2 N–H and O–H groups in total. The van der Waals surface area contributed by atoms with E-state index < -0.39 is 11.7 Å². The maximum absolute atomic E-state index is 12.9. The number of aromatic nitrogens is 5. The zero-order valence-electron chi connectivity index (χ0n) is 27.0. The molecule has 2 aliphatic rings. The van der Waals surface area contributed by atoms with Gasteiger partial charge in [-0.1, -0.05) is 24.3 Å². The Labute approximate surface area is 273 Å². The normalized spacial score (nSPS) is 16.3. The van der Waals surface area contributed by atoms with Crippen LogP contribution in [0.2, 0.25) is 0 Å². The Kier molecular flexibility index (Phi) is 9.66.